The van der Waals surface area contributed by atoms with Crippen LogP contribution in [0.5, 0.6) is 0 Å². The average Bonchev–Trinajstić information content (AvgIpc) is 3.13. The SMILES string of the molecule is Cn1c(CNC(=O)CN=C2NS(=O)(=O)c3ccccc32)nc2ccccc21. The lowest BCUT2D eigenvalue weighted by atomic mass is 10.2. The molecule has 3 aromatic rings. The van der Waals surface area contributed by atoms with Gasteiger partial charge in [-0.2, -0.15) is 0 Å². The fraction of sp³-hybridized carbons (Fsp3) is 0.167. The third kappa shape index (κ3) is 3.17. The lowest BCUT2D eigenvalue weighted by molar-refractivity contribution is -0.119. The Kier molecular flexibility index (Phi) is 4.15. The van der Waals surface area contributed by atoms with E-state index in [0.29, 0.717) is 5.56 Å². The Hall–Kier alpha value is -3.20. The Bertz CT molecular complexity index is 1180. The number of hydrogen-bond donors (Lipinski definition) is 2. The van der Waals surface area contributed by atoms with Crippen LogP contribution in [-0.2, 0) is 28.4 Å². The van der Waals surface area contributed by atoms with Gasteiger partial charge in [0, 0.05) is 12.6 Å². The standard InChI is InChI=1S/C18H17N5O3S/c1-23-14-8-4-3-7-13(14)21-16(23)10-19-17(24)11-20-18-12-6-2-5-9-15(12)27(25,26)22-18/h2-9H,10-11H2,1H3,(H,19,24)(H,20,22). The molecule has 0 atom stereocenters. The van der Waals surface area contributed by atoms with Gasteiger partial charge >= 0.3 is 0 Å². The normalized spacial score (nSPS) is 16.3. The summed E-state index contributed by atoms with van der Waals surface area (Å²) in [5.41, 5.74) is 2.32. The minimum atomic E-state index is -3.60. The Labute approximate surface area is 156 Å². The molecule has 2 heterocycles. The highest BCUT2D eigenvalue weighted by atomic mass is 32.2. The predicted molar refractivity (Wildman–Crippen MR) is 101 cm³/mol. The maximum Gasteiger partial charge on any atom is 0.263 e. The topological polar surface area (TPSA) is 105 Å². The zero-order valence-corrected chi connectivity index (χ0v) is 15.3. The van der Waals surface area contributed by atoms with Crippen molar-refractivity contribution in [2.24, 2.45) is 12.0 Å². The van der Waals surface area contributed by atoms with E-state index in [9.17, 15) is 13.2 Å². The number of carbonyl (C=O) groups is 1. The third-order valence-electron chi connectivity index (χ3n) is 4.37. The Morgan fingerprint density at radius 3 is 2.74 bits per heavy atom. The monoisotopic (exact) mass is 383 g/mol. The summed E-state index contributed by atoms with van der Waals surface area (Å²) >= 11 is 0. The lowest BCUT2D eigenvalue weighted by Crippen LogP contribution is -2.28. The van der Waals surface area contributed by atoms with Gasteiger partial charge in [0.2, 0.25) is 5.91 Å². The number of sulfonamides is 1. The minimum Gasteiger partial charge on any atom is -0.347 e. The van der Waals surface area contributed by atoms with Gasteiger partial charge in [0.25, 0.3) is 10.0 Å². The van der Waals surface area contributed by atoms with Gasteiger partial charge in [-0.1, -0.05) is 24.3 Å². The number of benzene rings is 2. The highest BCUT2D eigenvalue weighted by Gasteiger charge is 2.30. The molecule has 1 aromatic heterocycles. The molecule has 0 fully saturated rings. The first-order valence-corrected chi connectivity index (χ1v) is 9.78. The number of para-hydroxylation sites is 2. The molecular formula is C18H17N5O3S. The molecule has 2 N–H and O–H groups in total. The van der Waals surface area contributed by atoms with Crippen LogP contribution in [0.2, 0.25) is 0 Å². The summed E-state index contributed by atoms with van der Waals surface area (Å²) in [7, 11) is -1.71. The number of amides is 1. The van der Waals surface area contributed by atoms with Gasteiger partial charge in [0.15, 0.2) is 0 Å². The van der Waals surface area contributed by atoms with E-state index in [2.05, 4.69) is 20.0 Å². The molecule has 0 unspecified atom stereocenters. The molecule has 0 bridgehead atoms. The van der Waals surface area contributed by atoms with Crippen molar-refractivity contribution < 1.29 is 13.2 Å². The Balaban J connectivity index is 1.44. The van der Waals surface area contributed by atoms with Crippen molar-refractivity contribution in [3.8, 4) is 0 Å². The molecule has 9 heteroatoms. The van der Waals surface area contributed by atoms with E-state index in [4.69, 9.17) is 0 Å². The summed E-state index contributed by atoms with van der Waals surface area (Å²) in [4.78, 5) is 20.9. The molecule has 27 heavy (non-hydrogen) atoms. The maximum absolute atomic E-state index is 12.1. The number of aromatic nitrogens is 2. The van der Waals surface area contributed by atoms with Gasteiger partial charge in [-0.3, -0.25) is 14.5 Å². The fourth-order valence-corrected chi connectivity index (χ4v) is 4.24. The molecule has 1 aliphatic rings. The first kappa shape index (κ1) is 17.2. The highest BCUT2D eigenvalue weighted by Crippen LogP contribution is 2.22. The van der Waals surface area contributed by atoms with Crippen molar-refractivity contribution in [3.05, 3.63) is 59.9 Å². The third-order valence-corrected chi connectivity index (χ3v) is 5.76. The lowest BCUT2D eigenvalue weighted by Gasteiger charge is -2.05. The van der Waals surface area contributed by atoms with Gasteiger partial charge in [-0.05, 0) is 24.3 Å². The molecule has 2 aromatic carbocycles. The minimum absolute atomic E-state index is 0.170. The maximum atomic E-state index is 12.1. The first-order chi connectivity index (χ1) is 13.0. The van der Waals surface area contributed by atoms with Crippen molar-refractivity contribution >= 4 is 32.8 Å². The second-order valence-electron chi connectivity index (χ2n) is 6.12. The van der Waals surface area contributed by atoms with Crippen LogP contribution < -0.4 is 10.0 Å². The number of aliphatic imine (C=N–C) groups is 1. The molecule has 0 aliphatic carbocycles. The van der Waals surface area contributed by atoms with Crippen LogP contribution in [0.25, 0.3) is 11.0 Å². The number of hydrogen-bond acceptors (Lipinski definition) is 5. The molecule has 0 saturated heterocycles. The smallest absolute Gasteiger partial charge is 0.263 e. The van der Waals surface area contributed by atoms with Gasteiger partial charge in [0.1, 0.15) is 18.2 Å². The van der Waals surface area contributed by atoms with Gasteiger partial charge in [0.05, 0.1) is 22.5 Å². The summed E-state index contributed by atoms with van der Waals surface area (Å²) in [6, 6.07) is 14.2. The van der Waals surface area contributed by atoms with Gasteiger partial charge < -0.3 is 9.88 Å². The van der Waals surface area contributed by atoms with Crippen LogP contribution in [0.4, 0.5) is 0 Å². The molecule has 0 saturated carbocycles. The zero-order valence-electron chi connectivity index (χ0n) is 14.5. The number of nitrogens with zero attached hydrogens (tertiary/aromatic N) is 3. The van der Waals surface area contributed by atoms with Crippen LogP contribution in [0.1, 0.15) is 11.4 Å². The van der Waals surface area contributed by atoms with E-state index in [1.807, 2.05) is 35.9 Å². The van der Waals surface area contributed by atoms with Crippen molar-refractivity contribution in [1.82, 2.24) is 19.6 Å². The highest BCUT2D eigenvalue weighted by molar-refractivity contribution is 7.90. The summed E-state index contributed by atoms with van der Waals surface area (Å²) in [5.74, 6) is 0.589. The molecule has 138 valence electrons. The second kappa shape index (κ2) is 6.51. The predicted octanol–water partition coefficient (Wildman–Crippen LogP) is 0.928. The Morgan fingerprint density at radius 1 is 1.19 bits per heavy atom. The average molecular weight is 383 g/mol. The van der Waals surface area contributed by atoms with E-state index in [1.165, 1.54) is 6.07 Å². The largest absolute Gasteiger partial charge is 0.347 e. The van der Waals surface area contributed by atoms with Crippen molar-refractivity contribution in [3.63, 3.8) is 0 Å². The first-order valence-electron chi connectivity index (χ1n) is 8.29. The van der Waals surface area contributed by atoms with E-state index in [-0.39, 0.29) is 29.7 Å². The van der Waals surface area contributed by atoms with E-state index in [1.54, 1.807) is 18.2 Å². The molecule has 1 aliphatic heterocycles. The molecule has 4 rings (SSSR count). The van der Waals surface area contributed by atoms with Crippen LogP contribution in [0.15, 0.2) is 58.4 Å². The molecular weight excluding hydrogens is 366 g/mol. The second-order valence-corrected chi connectivity index (χ2v) is 7.77. The van der Waals surface area contributed by atoms with E-state index in [0.717, 1.165) is 16.9 Å². The number of fused-ring (bicyclic) bond motifs is 2. The van der Waals surface area contributed by atoms with E-state index < -0.39 is 10.0 Å². The number of carbonyl (C=O) groups excluding carboxylic acids is 1. The van der Waals surface area contributed by atoms with Crippen molar-refractivity contribution in [2.75, 3.05) is 6.54 Å². The zero-order chi connectivity index (χ0) is 19.0. The molecule has 1 amide bonds. The van der Waals surface area contributed by atoms with Crippen LogP contribution in [0.3, 0.4) is 0 Å². The molecule has 0 spiro atoms. The van der Waals surface area contributed by atoms with E-state index >= 15 is 0 Å². The Morgan fingerprint density at radius 2 is 1.93 bits per heavy atom. The fourth-order valence-electron chi connectivity index (χ4n) is 2.99. The quantitative estimate of drug-likeness (QED) is 0.699. The summed E-state index contributed by atoms with van der Waals surface area (Å²) < 4.78 is 28.4. The summed E-state index contributed by atoms with van der Waals surface area (Å²) in [5, 5.41) is 2.76. The number of aryl methyl sites for hydroxylation is 1. The summed E-state index contributed by atoms with van der Waals surface area (Å²) in [6.45, 7) is 0.0767. The number of imidazole rings is 1. The van der Waals surface area contributed by atoms with Crippen LogP contribution in [0, 0.1) is 0 Å². The van der Waals surface area contributed by atoms with Gasteiger partial charge in [-0.25, -0.2) is 13.4 Å². The molecule has 8 nitrogen and oxygen atoms in total. The van der Waals surface area contributed by atoms with Crippen molar-refractivity contribution in [2.45, 2.75) is 11.4 Å². The van der Waals surface area contributed by atoms with Gasteiger partial charge in [-0.15, -0.1) is 0 Å². The number of nitrogens with one attached hydrogen (secondary N) is 2. The van der Waals surface area contributed by atoms with Crippen molar-refractivity contribution in [1.29, 1.82) is 0 Å². The summed E-state index contributed by atoms with van der Waals surface area (Å²) in [6.07, 6.45) is 0. The number of amidine groups is 1. The van der Waals surface area contributed by atoms with Crippen LogP contribution in [-0.4, -0.2) is 36.3 Å². The van der Waals surface area contributed by atoms with Crippen LogP contribution >= 0.6 is 0 Å². The number of rotatable bonds is 4. The molecule has 0 radical (unpaired) electrons.